The van der Waals surface area contributed by atoms with E-state index in [2.05, 4.69) is 21.3 Å². The van der Waals surface area contributed by atoms with Crippen LogP contribution in [0.2, 0.25) is 0 Å². The van der Waals surface area contributed by atoms with Gasteiger partial charge in [-0.05, 0) is 44.4 Å². The van der Waals surface area contributed by atoms with Gasteiger partial charge in [-0.15, -0.1) is 0 Å². The smallest absolute Gasteiger partial charge is 0.327 e. The highest BCUT2D eigenvalue weighted by atomic mass is 16.2. The zero-order valence-electron chi connectivity index (χ0n) is 17.3. The van der Waals surface area contributed by atoms with Gasteiger partial charge in [0.2, 0.25) is 0 Å². The van der Waals surface area contributed by atoms with E-state index in [1.807, 2.05) is 62.4 Å². The molecule has 1 heterocycles. The van der Waals surface area contributed by atoms with E-state index in [0.29, 0.717) is 5.69 Å². The number of nitrogens with zero attached hydrogens (tertiary/aromatic N) is 2. The van der Waals surface area contributed by atoms with Crippen LogP contribution in [0, 0.1) is 13.8 Å². The Morgan fingerprint density at radius 1 is 0.968 bits per heavy atom. The van der Waals surface area contributed by atoms with Crippen LogP contribution in [-0.2, 0) is 9.59 Å². The first-order valence-corrected chi connectivity index (χ1v) is 10.1. The van der Waals surface area contributed by atoms with Gasteiger partial charge in [0, 0.05) is 17.8 Å². The second-order valence-corrected chi connectivity index (χ2v) is 7.65. The molecule has 4 rings (SSSR count). The lowest BCUT2D eigenvalue weighted by molar-refractivity contribution is -0.139. The minimum Gasteiger partial charge on any atom is -0.345 e. The van der Waals surface area contributed by atoms with Gasteiger partial charge in [0.25, 0.3) is 5.91 Å². The molecule has 0 bridgehead atoms. The standard InChI is InChI=1S/C23H23N5O3/c1-14-8-11-18(15(2)12-14)20-19(13-28(27-20)17-6-4-3-5-7-17)21(29)25-26-23(31)22(30)24-16-9-10-16/h3-8,11-13,16H,9-10H2,1-2H3,(H,24,30)(H,25,29)(H,26,31). The Morgan fingerprint density at radius 2 is 1.71 bits per heavy atom. The first-order valence-electron chi connectivity index (χ1n) is 10.1. The number of rotatable bonds is 4. The third-order valence-electron chi connectivity index (χ3n) is 5.02. The highest BCUT2D eigenvalue weighted by Crippen LogP contribution is 2.27. The highest BCUT2D eigenvalue weighted by molar-refractivity contribution is 6.35. The van der Waals surface area contributed by atoms with Crippen molar-refractivity contribution < 1.29 is 14.4 Å². The van der Waals surface area contributed by atoms with Crippen molar-refractivity contribution in [2.45, 2.75) is 32.7 Å². The molecule has 1 aliphatic carbocycles. The van der Waals surface area contributed by atoms with Gasteiger partial charge in [0.05, 0.1) is 11.3 Å². The largest absolute Gasteiger partial charge is 0.345 e. The molecule has 3 N–H and O–H groups in total. The molecule has 1 saturated carbocycles. The normalized spacial score (nSPS) is 12.8. The average Bonchev–Trinajstić information content (AvgIpc) is 3.47. The zero-order valence-corrected chi connectivity index (χ0v) is 17.3. The second-order valence-electron chi connectivity index (χ2n) is 7.65. The topological polar surface area (TPSA) is 105 Å². The number of hydrogen-bond donors (Lipinski definition) is 3. The monoisotopic (exact) mass is 417 g/mol. The molecule has 31 heavy (non-hydrogen) atoms. The van der Waals surface area contributed by atoms with Crippen LogP contribution in [-0.4, -0.2) is 33.5 Å². The Hall–Kier alpha value is -3.94. The van der Waals surface area contributed by atoms with Crippen LogP contribution >= 0.6 is 0 Å². The third kappa shape index (κ3) is 4.63. The first-order chi connectivity index (χ1) is 14.9. The lowest BCUT2D eigenvalue weighted by Crippen LogP contribution is -2.49. The maximum Gasteiger partial charge on any atom is 0.327 e. The Bertz CT molecular complexity index is 1150. The molecule has 0 radical (unpaired) electrons. The van der Waals surface area contributed by atoms with Gasteiger partial charge in [-0.3, -0.25) is 25.2 Å². The predicted octanol–water partition coefficient (Wildman–Crippen LogP) is 2.20. The van der Waals surface area contributed by atoms with Crippen LogP contribution in [0.1, 0.15) is 34.3 Å². The van der Waals surface area contributed by atoms with Gasteiger partial charge >= 0.3 is 11.8 Å². The lowest BCUT2D eigenvalue weighted by atomic mass is 10.0. The van der Waals surface area contributed by atoms with Crippen molar-refractivity contribution in [1.82, 2.24) is 25.9 Å². The highest BCUT2D eigenvalue weighted by Gasteiger charge is 2.27. The molecule has 8 nitrogen and oxygen atoms in total. The van der Waals surface area contributed by atoms with E-state index in [9.17, 15) is 14.4 Å². The predicted molar refractivity (Wildman–Crippen MR) is 115 cm³/mol. The van der Waals surface area contributed by atoms with Crippen LogP contribution < -0.4 is 16.2 Å². The molecule has 1 aromatic heterocycles. The van der Waals surface area contributed by atoms with Gasteiger partial charge in [-0.1, -0.05) is 42.0 Å². The summed E-state index contributed by atoms with van der Waals surface area (Å²) in [5.41, 5.74) is 8.94. The molecule has 0 saturated heterocycles. The maximum absolute atomic E-state index is 12.9. The van der Waals surface area contributed by atoms with E-state index in [1.165, 1.54) is 0 Å². The van der Waals surface area contributed by atoms with Crippen LogP contribution in [0.5, 0.6) is 0 Å². The van der Waals surface area contributed by atoms with Crippen molar-refractivity contribution in [1.29, 1.82) is 0 Å². The number of para-hydroxylation sites is 1. The maximum atomic E-state index is 12.9. The van der Waals surface area contributed by atoms with Crippen molar-refractivity contribution in [2.75, 3.05) is 0 Å². The molecular formula is C23H23N5O3. The molecule has 158 valence electrons. The summed E-state index contributed by atoms with van der Waals surface area (Å²) in [6.07, 6.45) is 3.34. The second kappa shape index (κ2) is 8.43. The number of nitrogens with one attached hydrogen (secondary N) is 3. The van der Waals surface area contributed by atoms with Gasteiger partial charge in [0.15, 0.2) is 0 Å². The quantitative estimate of drug-likeness (QED) is 0.447. The van der Waals surface area contributed by atoms with Crippen molar-refractivity contribution in [3.05, 3.63) is 71.4 Å². The molecule has 3 amide bonds. The van der Waals surface area contributed by atoms with Gasteiger partial charge < -0.3 is 5.32 Å². The van der Waals surface area contributed by atoms with E-state index in [4.69, 9.17) is 0 Å². The molecule has 0 unspecified atom stereocenters. The number of amides is 3. The Kier molecular flexibility index (Phi) is 5.53. The SMILES string of the molecule is Cc1ccc(-c2nn(-c3ccccc3)cc2C(=O)NNC(=O)C(=O)NC2CC2)c(C)c1. The summed E-state index contributed by atoms with van der Waals surface area (Å²) in [4.78, 5) is 36.7. The zero-order chi connectivity index (χ0) is 22.0. The van der Waals surface area contributed by atoms with E-state index < -0.39 is 17.7 Å². The Balaban J connectivity index is 1.61. The summed E-state index contributed by atoms with van der Waals surface area (Å²) in [6.45, 7) is 3.95. The fourth-order valence-corrected chi connectivity index (χ4v) is 3.25. The number of hydrazine groups is 1. The van der Waals surface area contributed by atoms with Crippen molar-refractivity contribution in [3.8, 4) is 16.9 Å². The van der Waals surface area contributed by atoms with E-state index in [1.54, 1.807) is 10.9 Å². The van der Waals surface area contributed by atoms with Crippen LogP contribution in [0.15, 0.2) is 54.7 Å². The molecule has 3 aromatic rings. The fraction of sp³-hybridized carbons (Fsp3) is 0.217. The van der Waals surface area contributed by atoms with E-state index in [-0.39, 0.29) is 11.6 Å². The van der Waals surface area contributed by atoms with E-state index >= 15 is 0 Å². The van der Waals surface area contributed by atoms with Crippen molar-refractivity contribution in [3.63, 3.8) is 0 Å². The summed E-state index contributed by atoms with van der Waals surface area (Å²) in [5, 5.41) is 7.21. The summed E-state index contributed by atoms with van der Waals surface area (Å²) in [5.74, 6) is -2.24. The average molecular weight is 417 g/mol. The molecular weight excluding hydrogens is 394 g/mol. The number of benzene rings is 2. The van der Waals surface area contributed by atoms with Gasteiger partial charge in [-0.2, -0.15) is 5.10 Å². The van der Waals surface area contributed by atoms with Crippen molar-refractivity contribution in [2.24, 2.45) is 0 Å². The summed E-state index contributed by atoms with van der Waals surface area (Å²) < 4.78 is 1.62. The minimum absolute atomic E-state index is 0.0502. The van der Waals surface area contributed by atoms with Gasteiger partial charge in [0.1, 0.15) is 5.69 Å². The fourth-order valence-electron chi connectivity index (χ4n) is 3.25. The number of carbonyl (C=O) groups excluding carboxylic acids is 3. The molecule has 2 aromatic carbocycles. The summed E-state index contributed by atoms with van der Waals surface area (Å²) in [7, 11) is 0. The number of carbonyl (C=O) groups is 3. The van der Waals surface area contributed by atoms with Gasteiger partial charge in [-0.25, -0.2) is 4.68 Å². The number of hydrogen-bond acceptors (Lipinski definition) is 4. The summed E-state index contributed by atoms with van der Waals surface area (Å²) in [6, 6.07) is 15.4. The van der Waals surface area contributed by atoms with Crippen molar-refractivity contribution >= 4 is 17.7 Å². The third-order valence-corrected chi connectivity index (χ3v) is 5.02. The summed E-state index contributed by atoms with van der Waals surface area (Å²) >= 11 is 0. The molecule has 0 spiro atoms. The Morgan fingerprint density at radius 3 is 2.39 bits per heavy atom. The van der Waals surface area contributed by atoms with Crippen LogP contribution in [0.4, 0.5) is 0 Å². The van der Waals surface area contributed by atoms with Crippen LogP contribution in [0.25, 0.3) is 16.9 Å². The van der Waals surface area contributed by atoms with E-state index in [0.717, 1.165) is 35.2 Å². The Labute approximate surface area is 179 Å². The van der Waals surface area contributed by atoms with Crippen LogP contribution in [0.3, 0.4) is 0 Å². The number of aryl methyl sites for hydroxylation is 2. The molecule has 0 aliphatic heterocycles. The molecule has 0 atom stereocenters. The lowest BCUT2D eigenvalue weighted by Gasteiger charge is -2.09. The first kappa shape index (κ1) is 20.3. The molecule has 8 heteroatoms. The molecule has 1 aliphatic rings. The number of aromatic nitrogens is 2. The minimum atomic E-state index is -0.913. The molecule has 1 fully saturated rings.